The third kappa shape index (κ3) is 3.08. The van der Waals surface area contributed by atoms with E-state index in [2.05, 4.69) is 50.0 Å². The zero-order valence-corrected chi connectivity index (χ0v) is 11.9. The monoisotopic (exact) mass is 300 g/mol. The van der Waals surface area contributed by atoms with E-state index in [1.807, 2.05) is 0 Å². The number of hydrogen-bond acceptors (Lipinski definition) is 2. The van der Waals surface area contributed by atoms with Crippen LogP contribution in [0.5, 0.6) is 0 Å². The average molecular weight is 301 g/mol. The maximum atomic E-state index is 4.58. The molecule has 2 rings (SSSR count). The quantitative estimate of drug-likeness (QED) is 0.728. The van der Waals surface area contributed by atoms with Gasteiger partial charge in [0, 0.05) is 22.6 Å². The molecule has 1 unspecified atom stereocenters. The molecule has 1 atom stereocenters. The summed E-state index contributed by atoms with van der Waals surface area (Å²) in [5, 5.41) is 2.07. The van der Waals surface area contributed by atoms with Gasteiger partial charge in [0.1, 0.15) is 0 Å². The van der Waals surface area contributed by atoms with Crippen molar-refractivity contribution in [2.24, 2.45) is 0 Å². The lowest BCUT2D eigenvalue weighted by Crippen LogP contribution is -1.98. The van der Waals surface area contributed by atoms with Crippen molar-refractivity contribution in [3.05, 3.63) is 23.5 Å². The molecule has 0 aliphatic carbocycles. The van der Waals surface area contributed by atoms with Gasteiger partial charge in [-0.3, -0.25) is 4.40 Å². The summed E-state index contributed by atoms with van der Waals surface area (Å²) in [5.74, 6) is 0. The molecule has 16 heavy (non-hydrogen) atoms. The average Bonchev–Trinajstić information content (AvgIpc) is 2.78. The van der Waals surface area contributed by atoms with Crippen LogP contribution in [-0.4, -0.2) is 14.2 Å². The number of halogens is 1. The first kappa shape index (κ1) is 12.1. The minimum Gasteiger partial charge on any atom is -0.297 e. The van der Waals surface area contributed by atoms with Gasteiger partial charge in [0.05, 0.1) is 5.69 Å². The van der Waals surface area contributed by atoms with E-state index < -0.39 is 0 Å². The Hall–Kier alpha value is -0.350. The van der Waals surface area contributed by atoms with Crippen LogP contribution in [0.15, 0.2) is 17.8 Å². The number of fused-ring (bicyclic) bond motifs is 1. The molecule has 2 nitrogen and oxygen atoms in total. The molecule has 0 fully saturated rings. The Labute approximate surface area is 109 Å². The normalized spacial score (nSPS) is 13.4. The molecular weight excluding hydrogens is 284 g/mol. The number of alkyl halides is 1. The van der Waals surface area contributed by atoms with Crippen molar-refractivity contribution in [1.82, 2.24) is 9.38 Å². The van der Waals surface area contributed by atoms with E-state index in [1.165, 1.54) is 31.4 Å². The number of rotatable bonds is 6. The highest BCUT2D eigenvalue weighted by Crippen LogP contribution is 2.17. The number of aryl methyl sites for hydroxylation is 1. The van der Waals surface area contributed by atoms with Crippen molar-refractivity contribution < 1.29 is 0 Å². The highest BCUT2D eigenvalue weighted by molar-refractivity contribution is 9.09. The van der Waals surface area contributed by atoms with Gasteiger partial charge in [-0.15, -0.1) is 11.3 Å². The van der Waals surface area contributed by atoms with Crippen molar-refractivity contribution in [1.29, 1.82) is 0 Å². The lowest BCUT2D eigenvalue weighted by Gasteiger charge is -2.06. The number of thiazole rings is 1. The van der Waals surface area contributed by atoms with Gasteiger partial charge >= 0.3 is 0 Å². The third-order valence-electron chi connectivity index (χ3n) is 2.70. The summed E-state index contributed by atoms with van der Waals surface area (Å²) in [5.41, 5.74) is 1.23. The van der Waals surface area contributed by atoms with E-state index in [1.54, 1.807) is 11.3 Å². The number of hydrogen-bond donors (Lipinski definition) is 0. The summed E-state index contributed by atoms with van der Waals surface area (Å²) in [6.07, 6.45) is 10.3. The summed E-state index contributed by atoms with van der Waals surface area (Å²) in [6.45, 7) is 2.23. The summed E-state index contributed by atoms with van der Waals surface area (Å²) in [6, 6.07) is 0. The Kier molecular flexibility index (Phi) is 4.41. The molecule has 0 amide bonds. The fraction of sp³-hybridized carbons (Fsp3) is 0.583. The molecule has 2 heterocycles. The van der Waals surface area contributed by atoms with E-state index in [4.69, 9.17) is 0 Å². The topological polar surface area (TPSA) is 17.3 Å². The van der Waals surface area contributed by atoms with Gasteiger partial charge < -0.3 is 0 Å². The van der Waals surface area contributed by atoms with Gasteiger partial charge in [-0.1, -0.05) is 29.3 Å². The van der Waals surface area contributed by atoms with Gasteiger partial charge in [-0.2, -0.15) is 0 Å². The largest absolute Gasteiger partial charge is 0.297 e. The SMILES string of the molecule is CCCC(Br)CCCc1cn2ccsc2n1. The van der Waals surface area contributed by atoms with Crippen molar-refractivity contribution in [2.75, 3.05) is 0 Å². The second kappa shape index (κ2) is 5.82. The van der Waals surface area contributed by atoms with Crippen LogP contribution in [0.1, 0.15) is 38.3 Å². The van der Waals surface area contributed by atoms with Gasteiger partial charge in [0.15, 0.2) is 4.96 Å². The van der Waals surface area contributed by atoms with Crippen LogP contribution in [0.25, 0.3) is 4.96 Å². The number of imidazole rings is 1. The summed E-state index contributed by atoms with van der Waals surface area (Å²) in [4.78, 5) is 6.37. The smallest absolute Gasteiger partial charge is 0.193 e. The minimum atomic E-state index is 0.682. The molecule has 0 spiro atoms. The standard InChI is InChI=1S/C12H17BrN2S/c1-2-4-10(13)5-3-6-11-9-15-7-8-16-12(15)14-11/h7-10H,2-6H2,1H3. The molecule has 4 heteroatoms. The fourth-order valence-corrected chi connectivity index (χ4v) is 3.36. The molecule has 0 aromatic carbocycles. The highest BCUT2D eigenvalue weighted by Gasteiger charge is 2.05. The summed E-state index contributed by atoms with van der Waals surface area (Å²) >= 11 is 5.41. The van der Waals surface area contributed by atoms with E-state index in [0.717, 1.165) is 11.4 Å². The van der Waals surface area contributed by atoms with Crippen molar-refractivity contribution >= 4 is 32.2 Å². The predicted molar refractivity (Wildman–Crippen MR) is 73.6 cm³/mol. The first-order chi connectivity index (χ1) is 7.79. The summed E-state index contributed by atoms with van der Waals surface area (Å²) in [7, 11) is 0. The van der Waals surface area contributed by atoms with Gasteiger partial charge in [-0.25, -0.2) is 4.98 Å². The van der Waals surface area contributed by atoms with Gasteiger partial charge in [0.25, 0.3) is 0 Å². The van der Waals surface area contributed by atoms with E-state index in [0.29, 0.717) is 4.83 Å². The van der Waals surface area contributed by atoms with E-state index in [9.17, 15) is 0 Å². The predicted octanol–water partition coefficient (Wildman–Crippen LogP) is 4.28. The number of aromatic nitrogens is 2. The minimum absolute atomic E-state index is 0.682. The van der Waals surface area contributed by atoms with Crippen LogP contribution in [0.3, 0.4) is 0 Å². The van der Waals surface area contributed by atoms with Crippen LogP contribution in [0.4, 0.5) is 0 Å². The van der Waals surface area contributed by atoms with E-state index >= 15 is 0 Å². The molecule has 0 aliphatic heterocycles. The Morgan fingerprint density at radius 2 is 2.38 bits per heavy atom. The van der Waals surface area contributed by atoms with Crippen molar-refractivity contribution in [2.45, 2.75) is 43.9 Å². The second-order valence-electron chi connectivity index (χ2n) is 4.10. The molecule has 0 saturated heterocycles. The van der Waals surface area contributed by atoms with E-state index in [-0.39, 0.29) is 0 Å². The molecule has 0 aliphatic rings. The van der Waals surface area contributed by atoms with Crippen LogP contribution < -0.4 is 0 Å². The Bertz CT molecular complexity index is 406. The molecular formula is C12H17BrN2S. The Balaban J connectivity index is 1.80. The Morgan fingerprint density at radius 1 is 1.50 bits per heavy atom. The number of nitrogens with zero attached hydrogens (tertiary/aromatic N) is 2. The highest BCUT2D eigenvalue weighted by atomic mass is 79.9. The molecule has 0 N–H and O–H groups in total. The Morgan fingerprint density at radius 3 is 3.12 bits per heavy atom. The zero-order valence-electron chi connectivity index (χ0n) is 9.53. The molecule has 2 aromatic rings. The first-order valence-corrected chi connectivity index (χ1v) is 7.64. The lowest BCUT2D eigenvalue weighted by atomic mass is 10.1. The lowest BCUT2D eigenvalue weighted by molar-refractivity contribution is 0.651. The van der Waals surface area contributed by atoms with Gasteiger partial charge in [0.2, 0.25) is 0 Å². The third-order valence-corrected chi connectivity index (χ3v) is 4.38. The van der Waals surface area contributed by atoms with Gasteiger partial charge in [-0.05, 0) is 25.7 Å². The maximum absolute atomic E-state index is 4.58. The molecule has 0 radical (unpaired) electrons. The molecule has 0 bridgehead atoms. The first-order valence-electron chi connectivity index (χ1n) is 5.84. The van der Waals surface area contributed by atoms with Crippen molar-refractivity contribution in [3.8, 4) is 0 Å². The molecule has 0 saturated carbocycles. The van der Waals surface area contributed by atoms with Crippen LogP contribution in [-0.2, 0) is 6.42 Å². The van der Waals surface area contributed by atoms with Crippen LogP contribution in [0.2, 0.25) is 0 Å². The van der Waals surface area contributed by atoms with Crippen LogP contribution in [0, 0.1) is 0 Å². The fourth-order valence-electron chi connectivity index (χ4n) is 1.86. The zero-order chi connectivity index (χ0) is 11.4. The van der Waals surface area contributed by atoms with Crippen LogP contribution >= 0.6 is 27.3 Å². The molecule has 2 aromatic heterocycles. The maximum Gasteiger partial charge on any atom is 0.193 e. The summed E-state index contributed by atoms with van der Waals surface area (Å²) < 4.78 is 2.11. The molecule has 88 valence electrons. The second-order valence-corrected chi connectivity index (χ2v) is 6.27. The van der Waals surface area contributed by atoms with Crippen molar-refractivity contribution in [3.63, 3.8) is 0 Å².